The fourth-order valence-corrected chi connectivity index (χ4v) is 4.90. The lowest BCUT2D eigenvalue weighted by molar-refractivity contribution is -0.132. The van der Waals surface area contributed by atoms with Gasteiger partial charge in [0.05, 0.1) is 26.0 Å². The highest BCUT2D eigenvalue weighted by molar-refractivity contribution is 6.00. The summed E-state index contributed by atoms with van der Waals surface area (Å²) in [6, 6.07) is 27.5. The quantitative estimate of drug-likeness (QED) is 0.289. The molecule has 2 amide bonds. The van der Waals surface area contributed by atoms with Crippen molar-refractivity contribution < 1.29 is 18.7 Å². The Morgan fingerprint density at radius 3 is 2.33 bits per heavy atom. The molecule has 4 aromatic rings. The van der Waals surface area contributed by atoms with Gasteiger partial charge in [-0.25, -0.2) is 0 Å². The summed E-state index contributed by atoms with van der Waals surface area (Å²) >= 11 is 0. The molecule has 1 saturated heterocycles. The molecular weight excluding hydrogens is 490 g/mol. The number of hydrogen-bond donors (Lipinski definition) is 0. The SMILES string of the molecule is O=C(CN(CCN1CCOCC1)C(=O)c1ccc2ccccc2c1)N(CCc1ccccc1)Cc1ccco1. The van der Waals surface area contributed by atoms with Gasteiger partial charge in [0.25, 0.3) is 5.91 Å². The molecule has 0 spiro atoms. The van der Waals surface area contributed by atoms with Crippen LogP contribution in [0.15, 0.2) is 95.6 Å². The molecule has 1 fully saturated rings. The molecule has 39 heavy (non-hydrogen) atoms. The van der Waals surface area contributed by atoms with Gasteiger partial charge >= 0.3 is 0 Å². The highest BCUT2D eigenvalue weighted by Gasteiger charge is 2.24. The normalized spacial score (nSPS) is 13.8. The molecule has 0 saturated carbocycles. The van der Waals surface area contributed by atoms with E-state index in [4.69, 9.17) is 9.15 Å². The second-order valence-corrected chi connectivity index (χ2v) is 9.87. The first kappa shape index (κ1) is 26.7. The lowest BCUT2D eigenvalue weighted by Gasteiger charge is -2.31. The van der Waals surface area contributed by atoms with Crippen molar-refractivity contribution in [2.75, 3.05) is 52.5 Å². The standard InChI is InChI=1S/C32H35N3O4/c36-31(34(24-30-11-6-20-39-30)15-14-26-7-2-1-3-8-26)25-35(17-16-33-18-21-38-22-19-33)32(37)29-13-12-27-9-4-5-10-28(27)23-29/h1-13,20,23H,14-19,21-22,24-25H2. The van der Waals surface area contributed by atoms with E-state index in [-0.39, 0.29) is 18.4 Å². The zero-order valence-corrected chi connectivity index (χ0v) is 22.2. The molecular formula is C32H35N3O4. The van der Waals surface area contributed by atoms with Crippen molar-refractivity contribution in [1.29, 1.82) is 0 Å². The number of morpholine rings is 1. The number of ether oxygens (including phenoxy) is 1. The Morgan fingerprint density at radius 2 is 1.56 bits per heavy atom. The Bertz CT molecular complexity index is 1350. The van der Waals surface area contributed by atoms with E-state index in [0.717, 1.165) is 41.6 Å². The van der Waals surface area contributed by atoms with E-state index in [2.05, 4.69) is 17.0 Å². The predicted octanol–water partition coefficient (Wildman–Crippen LogP) is 4.48. The van der Waals surface area contributed by atoms with Crippen molar-refractivity contribution in [1.82, 2.24) is 14.7 Å². The minimum absolute atomic E-state index is 0.00545. The number of carbonyl (C=O) groups excluding carboxylic acids is 2. The van der Waals surface area contributed by atoms with Crippen LogP contribution in [0.2, 0.25) is 0 Å². The lowest BCUT2D eigenvalue weighted by atomic mass is 10.1. The Labute approximate surface area is 229 Å². The third-order valence-electron chi connectivity index (χ3n) is 7.19. The fraction of sp³-hybridized carbons (Fsp3) is 0.312. The minimum atomic E-state index is -0.136. The maximum absolute atomic E-state index is 13.8. The molecule has 0 unspecified atom stereocenters. The third-order valence-corrected chi connectivity index (χ3v) is 7.19. The number of nitrogens with zero attached hydrogens (tertiary/aromatic N) is 3. The van der Waals surface area contributed by atoms with Gasteiger partial charge in [0, 0.05) is 38.3 Å². The molecule has 7 heteroatoms. The van der Waals surface area contributed by atoms with E-state index in [1.54, 1.807) is 16.1 Å². The first-order valence-electron chi connectivity index (χ1n) is 13.6. The first-order valence-corrected chi connectivity index (χ1v) is 13.6. The van der Waals surface area contributed by atoms with E-state index in [9.17, 15) is 9.59 Å². The summed E-state index contributed by atoms with van der Waals surface area (Å²) in [5.41, 5.74) is 1.75. The van der Waals surface area contributed by atoms with E-state index in [1.165, 1.54) is 0 Å². The molecule has 0 N–H and O–H groups in total. The molecule has 1 aliphatic heterocycles. The molecule has 5 rings (SSSR count). The van der Waals surface area contributed by atoms with Crippen molar-refractivity contribution in [3.63, 3.8) is 0 Å². The molecule has 3 aromatic carbocycles. The predicted molar refractivity (Wildman–Crippen MR) is 151 cm³/mol. The smallest absolute Gasteiger partial charge is 0.254 e. The second kappa shape index (κ2) is 13.2. The van der Waals surface area contributed by atoms with Crippen LogP contribution in [-0.2, 0) is 22.5 Å². The summed E-state index contributed by atoms with van der Waals surface area (Å²) in [6.07, 6.45) is 2.34. The summed E-state index contributed by atoms with van der Waals surface area (Å²) in [6.45, 7) is 5.09. The van der Waals surface area contributed by atoms with E-state index < -0.39 is 0 Å². The molecule has 0 aliphatic carbocycles. The second-order valence-electron chi connectivity index (χ2n) is 9.87. The van der Waals surface area contributed by atoms with Crippen molar-refractivity contribution in [2.24, 2.45) is 0 Å². The number of rotatable bonds is 11. The van der Waals surface area contributed by atoms with Crippen LogP contribution in [0, 0.1) is 0 Å². The summed E-state index contributed by atoms with van der Waals surface area (Å²) in [7, 11) is 0. The van der Waals surface area contributed by atoms with Gasteiger partial charge in [0.1, 0.15) is 12.3 Å². The summed E-state index contributed by atoms with van der Waals surface area (Å²) < 4.78 is 11.0. The average Bonchev–Trinajstić information content (AvgIpc) is 3.51. The van der Waals surface area contributed by atoms with Crippen molar-refractivity contribution in [2.45, 2.75) is 13.0 Å². The zero-order valence-electron chi connectivity index (χ0n) is 22.2. The van der Waals surface area contributed by atoms with E-state index >= 15 is 0 Å². The molecule has 202 valence electrons. The van der Waals surface area contributed by atoms with Gasteiger partial charge in [0.2, 0.25) is 5.91 Å². The summed E-state index contributed by atoms with van der Waals surface area (Å²) in [5, 5.41) is 2.08. The summed E-state index contributed by atoms with van der Waals surface area (Å²) in [5.74, 6) is 0.485. The number of amides is 2. The van der Waals surface area contributed by atoms with Gasteiger partial charge in [-0.3, -0.25) is 14.5 Å². The Hall–Kier alpha value is -3.94. The van der Waals surface area contributed by atoms with Gasteiger partial charge < -0.3 is 19.0 Å². The van der Waals surface area contributed by atoms with Gasteiger partial charge in [-0.2, -0.15) is 0 Å². The Kier molecular flexibility index (Phi) is 9.04. The maximum atomic E-state index is 13.8. The number of furan rings is 1. The molecule has 0 bridgehead atoms. The maximum Gasteiger partial charge on any atom is 0.254 e. The van der Waals surface area contributed by atoms with Gasteiger partial charge in [-0.15, -0.1) is 0 Å². The number of carbonyl (C=O) groups is 2. The zero-order chi connectivity index (χ0) is 26.9. The lowest BCUT2D eigenvalue weighted by Crippen LogP contribution is -2.47. The van der Waals surface area contributed by atoms with Crippen LogP contribution in [0.4, 0.5) is 0 Å². The van der Waals surface area contributed by atoms with Crippen LogP contribution in [0.5, 0.6) is 0 Å². The molecule has 0 atom stereocenters. The average molecular weight is 526 g/mol. The van der Waals surface area contributed by atoms with Crippen molar-refractivity contribution in [3.05, 3.63) is 108 Å². The van der Waals surface area contributed by atoms with E-state index in [0.29, 0.717) is 45.0 Å². The molecule has 2 heterocycles. The first-order chi connectivity index (χ1) is 19.2. The molecule has 1 aliphatic rings. The fourth-order valence-electron chi connectivity index (χ4n) is 4.90. The molecule has 7 nitrogen and oxygen atoms in total. The van der Waals surface area contributed by atoms with Crippen LogP contribution >= 0.6 is 0 Å². The van der Waals surface area contributed by atoms with Crippen LogP contribution < -0.4 is 0 Å². The number of hydrogen-bond acceptors (Lipinski definition) is 5. The molecule has 0 radical (unpaired) electrons. The topological polar surface area (TPSA) is 66.2 Å². The molecule has 1 aromatic heterocycles. The Balaban J connectivity index is 1.34. The minimum Gasteiger partial charge on any atom is -0.467 e. The highest BCUT2D eigenvalue weighted by Crippen LogP contribution is 2.18. The van der Waals surface area contributed by atoms with Crippen LogP contribution in [0.25, 0.3) is 10.8 Å². The van der Waals surface area contributed by atoms with Crippen LogP contribution in [0.1, 0.15) is 21.7 Å². The third kappa shape index (κ3) is 7.34. The van der Waals surface area contributed by atoms with Crippen molar-refractivity contribution >= 4 is 22.6 Å². The largest absolute Gasteiger partial charge is 0.467 e. The number of fused-ring (bicyclic) bond motifs is 1. The number of benzene rings is 3. The van der Waals surface area contributed by atoms with Crippen molar-refractivity contribution in [3.8, 4) is 0 Å². The van der Waals surface area contributed by atoms with Crippen LogP contribution in [0.3, 0.4) is 0 Å². The van der Waals surface area contributed by atoms with Crippen LogP contribution in [-0.4, -0.2) is 79.0 Å². The van der Waals surface area contributed by atoms with E-state index in [1.807, 2.05) is 72.8 Å². The monoisotopic (exact) mass is 525 g/mol. The van der Waals surface area contributed by atoms with Gasteiger partial charge in [-0.05, 0) is 47.0 Å². The summed E-state index contributed by atoms with van der Waals surface area (Å²) in [4.78, 5) is 33.3. The van der Waals surface area contributed by atoms with Gasteiger partial charge in [0.15, 0.2) is 0 Å². The Morgan fingerprint density at radius 1 is 0.795 bits per heavy atom. The van der Waals surface area contributed by atoms with Gasteiger partial charge in [-0.1, -0.05) is 60.7 Å². The highest BCUT2D eigenvalue weighted by atomic mass is 16.5.